The highest BCUT2D eigenvalue weighted by atomic mass is 32.2. The third-order valence-electron chi connectivity index (χ3n) is 2.68. The maximum Gasteiger partial charge on any atom is 0.233 e. The summed E-state index contributed by atoms with van der Waals surface area (Å²) >= 11 is 0. The quantitative estimate of drug-likeness (QED) is 0.837. The molecule has 0 aliphatic carbocycles. The van der Waals surface area contributed by atoms with E-state index in [-0.39, 0.29) is 17.2 Å². The molecule has 100 valence electrons. The number of hydrogen-bond acceptors (Lipinski definition) is 4. The number of carbonyl (C=O) groups is 1. The molecule has 0 fully saturated rings. The van der Waals surface area contributed by atoms with Gasteiger partial charge in [-0.15, -0.1) is 0 Å². The van der Waals surface area contributed by atoms with Crippen molar-refractivity contribution < 1.29 is 9.00 Å². The Bertz CT molecular complexity index is 460. The van der Waals surface area contributed by atoms with Crippen LogP contribution in [-0.2, 0) is 15.6 Å². The van der Waals surface area contributed by atoms with Crippen molar-refractivity contribution in [3.63, 3.8) is 0 Å². The van der Waals surface area contributed by atoms with Crippen molar-refractivity contribution in [2.75, 3.05) is 11.5 Å². The second-order valence-corrected chi connectivity index (χ2v) is 6.11. The van der Waals surface area contributed by atoms with Gasteiger partial charge in [-0.3, -0.25) is 14.0 Å². The van der Waals surface area contributed by atoms with E-state index in [0.717, 1.165) is 6.42 Å². The van der Waals surface area contributed by atoms with Crippen LogP contribution in [0.5, 0.6) is 0 Å². The molecule has 0 bridgehead atoms. The van der Waals surface area contributed by atoms with E-state index in [4.69, 9.17) is 5.73 Å². The molecule has 0 saturated carbocycles. The number of nitrogens with one attached hydrogen (secondary N) is 1. The molecule has 0 saturated heterocycles. The fourth-order valence-corrected chi connectivity index (χ4v) is 2.29. The van der Waals surface area contributed by atoms with Crippen LogP contribution in [0.25, 0.3) is 0 Å². The number of aromatic nitrogens is 1. The van der Waals surface area contributed by atoms with Gasteiger partial charge in [-0.1, -0.05) is 6.92 Å². The normalized spacial score (nSPS) is 13.1. The predicted molar refractivity (Wildman–Crippen MR) is 72.4 cm³/mol. The molecule has 0 aliphatic rings. The zero-order valence-corrected chi connectivity index (χ0v) is 11.7. The SMILES string of the molecule is CCC(C)(C)NC(=O)CS(=O)c1ccncc1N. The molecule has 0 spiro atoms. The predicted octanol–water partition coefficient (Wildman–Crippen LogP) is 1.08. The Morgan fingerprint density at radius 1 is 1.56 bits per heavy atom. The summed E-state index contributed by atoms with van der Waals surface area (Å²) in [5.74, 6) is -0.325. The standard InChI is InChI=1S/C12H19N3O2S/c1-4-12(2,3)15-11(16)8-18(17)10-5-6-14-7-9(10)13/h5-7H,4,8,13H2,1-3H3,(H,15,16). The van der Waals surface area contributed by atoms with Crippen molar-refractivity contribution in [3.8, 4) is 0 Å². The van der Waals surface area contributed by atoms with Crippen LogP contribution in [0.2, 0.25) is 0 Å². The Labute approximate surface area is 110 Å². The monoisotopic (exact) mass is 269 g/mol. The molecule has 0 radical (unpaired) electrons. The fraction of sp³-hybridized carbons (Fsp3) is 0.500. The van der Waals surface area contributed by atoms with Crippen molar-refractivity contribution in [2.45, 2.75) is 37.6 Å². The first-order valence-corrected chi connectivity index (χ1v) is 7.06. The van der Waals surface area contributed by atoms with Gasteiger partial charge in [0.15, 0.2) is 0 Å². The molecule has 1 amide bonds. The second-order valence-electron chi connectivity index (χ2n) is 4.69. The molecule has 1 rings (SSSR count). The molecule has 6 heteroatoms. The van der Waals surface area contributed by atoms with Gasteiger partial charge in [0.1, 0.15) is 5.75 Å². The highest BCUT2D eigenvalue weighted by molar-refractivity contribution is 7.86. The lowest BCUT2D eigenvalue weighted by Gasteiger charge is -2.24. The van der Waals surface area contributed by atoms with Gasteiger partial charge in [-0.2, -0.15) is 0 Å². The van der Waals surface area contributed by atoms with Crippen LogP contribution >= 0.6 is 0 Å². The summed E-state index contributed by atoms with van der Waals surface area (Å²) in [5.41, 5.74) is 5.72. The summed E-state index contributed by atoms with van der Waals surface area (Å²) in [5, 5.41) is 2.84. The molecular weight excluding hydrogens is 250 g/mol. The number of nitrogen functional groups attached to an aromatic ring is 1. The molecule has 1 heterocycles. The molecule has 0 aromatic carbocycles. The average molecular weight is 269 g/mol. The van der Waals surface area contributed by atoms with Crippen molar-refractivity contribution in [3.05, 3.63) is 18.5 Å². The maximum absolute atomic E-state index is 12.0. The van der Waals surface area contributed by atoms with Gasteiger partial charge in [-0.05, 0) is 26.3 Å². The Morgan fingerprint density at radius 2 is 2.22 bits per heavy atom. The first-order chi connectivity index (χ1) is 8.35. The van der Waals surface area contributed by atoms with Crippen LogP contribution < -0.4 is 11.1 Å². The number of nitrogens with two attached hydrogens (primary N) is 1. The third-order valence-corrected chi connectivity index (χ3v) is 4.07. The van der Waals surface area contributed by atoms with Crippen molar-refractivity contribution in [2.24, 2.45) is 0 Å². The van der Waals surface area contributed by atoms with E-state index in [9.17, 15) is 9.00 Å². The van der Waals surface area contributed by atoms with Gasteiger partial charge < -0.3 is 11.1 Å². The van der Waals surface area contributed by atoms with E-state index in [1.807, 2.05) is 20.8 Å². The van der Waals surface area contributed by atoms with E-state index in [2.05, 4.69) is 10.3 Å². The van der Waals surface area contributed by atoms with Gasteiger partial charge in [-0.25, -0.2) is 0 Å². The van der Waals surface area contributed by atoms with Crippen LogP contribution in [0.1, 0.15) is 27.2 Å². The third kappa shape index (κ3) is 4.10. The summed E-state index contributed by atoms with van der Waals surface area (Å²) in [6.45, 7) is 5.83. The number of pyridine rings is 1. The maximum atomic E-state index is 12.0. The van der Waals surface area contributed by atoms with E-state index in [0.29, 0.717) is 10.6 Å². The first kappa shape index (κ1) is 14.6. The number of amides is 1. The molecular formula is C12H19N3O2S. The summed E-state index contributed by atoms with van der Waals surface area (Å²) in [4.78, 5) is 16.0. The minimum atomic E-state index is -1.44. The number of hydrogen-bond donors (Lipinski definition) is 2. The van der Waals surface area contributed by atoms with Gasteiger partial charge >= 0.3 is 0 Å². The average Bonchev–Trinajstić information content (AvgIpc) is 2.28. The lowest BCUT2D eigenvalue weighted by molar-refractivity contribution is -0.120. The highest BCUT2D eigenvalue weighted by Gasteiger charge is 2.20. The number of nitrogens with zero attached hydrogens (tertiary/aromatic N) is 1. The van der Waals surface area contributed by atoms with Crippen molar-refractivity contribution in [1.29, 1.82) is 0 Å². The Balaban J connectivity index is 2.66. The molecule has 1 unspecified atom stereocenters. The summed E-state index contributed by atoms with van der Waals surface area (Å²) in [6, 6.07) is 1.57. The van der Waals surface area contributed by atoms with Crippen LogP contribution in [0.4, 0.5) is 5.69 Å². The lowest BCUT2D eigenvalue weighted by atomic mass is 10.0. The van der Waals surface area contributed by atoms with Gasteiger partial charge in [0, 0.05) is 11.7 Å². The van der Waals surface area contributed by atoms with Crippen LogP contribution in [-0.4, -0.2) is 26.4 Å². The molecule has 3 N–H and O–H groups in total. The summed E-state index contributed by atoms with van der Waals surface area (Å²) in [7, 11) is -1.44. The van der Waals surface area contributed by atoms with Crippen LogP contribution in [0.3, 0.4) is 0 Å². The molecule has 18 heavy (non-hydrogen) atoms. The van der Waals surface area contributed by atoms with Crippen molar-refractivity contribution >= 4 is 22.4 Å². The van der Waals surface area contributed by atoms with E-state index < -0.39 is 10.8 Å². The Kier molecular flexibility index (Phi) is 4.84. The Hall–Kier alpha value is -1.43. The van der Waals surface area contributed by atoms with Gasteiger partial charge in [0.25, 0.3) is 0 Å². The largest absolute Gasteiger partial charge is 0.396 e. The Morgan fingerprint density at radius 3 is 2.78 bits per heavy atom. The molecule has 1 aromatic rings. The van der Waals surface area contributed by atoms with E-state index in [1.165, 1.54) is 12.4 Å². The zero-order valence-electron chi connectivity index (χ0n) is 10.9. The molecule has 1 atom stereocenters. The fourth-order valence-electron chi connectivity index (χ4n) is 1.30. The van der Waals surface area contributed by atoms with Crippen LogP contribution in [0.15, 0.2) is 23.4 Å². The van der Waals surface area contributed by atoms with Crippen molar-refractivity contribution in [1.82, 2.24) is 10.3 Å². The topological polar surface area (TPSA) is 85.1 Å². The van der Waals surface area contributed by atoms with Crippen LogP contribution in [0, 0.1) is 0 Å². The molecule has 1 aromatic heterocycles. The second kappa shape index (κ2) is 5.95. The minimum Gasteiger partial charge on any atom is -0.396 e. The van der Waals surface area contributed by atoms with E-state index >= 15 is 0 Å². The number of carbonyl (C=O) groups excluding carboxylic acids is 1. The lowest BCUT2D eigenvalue weighted by Crippen LogP contribution is -2.44. The molecule has 0 aliphatic heterocycles. The smallest absolute Gasteiger partial charge is 0.233 e. The number of anilines is 1. The van der Waals surface area contributed by atoms with Gasteiger partial charge in [0.05, 0.1) is 27.6 Å². The van der Waals surface area contributed by atoms with E-state index in [1.54, 1.807) is 6.07 Å². The molecule has 5 nitrogen and oxygen atoms in total. The summed E-state index contributed by atoms with van der Waals surface area (Å²) < 4.78 is 12.0. The summed E-state index contributed by atoms with van der Waals surface area (Å²) in [6.07, 6.45) is 3.75. The first-order valence-electron chi connectivity index (χ1n) is 5.74. The zero-order chi connectivity index (χ0) is 13.8. The minimum absolute atomic E-state index is 0.0857. The van der Waals surface area contributed by atoms with Gasteiger partial charge in [0.2, 0.25) is 5.91 Å². The highest BCUT2D eigenvalue weighted by Crippen LogP contribution is 2.14. The number of rotatable bonds is 5.